The first kappa shape index (κ1) is 14.8. The molecule has 4 nitrogen and oxygen atoms in total. The van der Waals surface area contributed by atoms with Crippen LogP contribution in [-0.4, -0.2) is 17.4 Å². The van der Waals surface area contributed by atoms with Gasteiger partial charge in [-0.3, -0.25) is 9.59 Å². The second-order valence-electron chi connectivity index (χ2n) is 4.63. The molecule has 0 bridgehead atoms. The Kier molecular flexibility index (Phi) is 5.41. The highest BCUT2D eigenvalue weighted by Crippen LogP contribution is 2.13. The second kappa shape index (κ2) is 6.59. The SMILES string of the molecule is CCc1[nH]c(=O)c(C(=O)NCCC(C)C)cc1Cl. The number of pyridine rings is 1. The second-order valence-corrected chi connectivity index (χ2v) is 5.04. The summed E-state index contributed by atoms with van der Waals surface area (Å²) in [6.45, 7) is 6.60. The number of halogens is 1. The minimum atomic E-state index is -0.390. The Balaban J connectivity index is 2.80. The number of H-pyrrole nitrogens is 1. The van der Waals surface area contributed by atoms with E-state index in [-0.39, 0.29) is 11.5 Å². The summed E-state index contributed by atoms with van der Waals surface area (Å²) in [5.74, 6) is 0.135. The topological polar surface area (TPSA) is 62.0 Å². The van der Waals surface area contributed by atoms with Crippen LogP contribution in [0.5, 0.6) is 0 Å². The third-order valence-electron chi connectivity index (χ3n) is 2.67. The van der Waals surface area contributed by atoms with Gasteiger partial charge < -0.3 is 10.3 Å². The van der Waals surface area contributed by atoms with Gasteiger partial charge in [0.25, 0.3) is 11.5 Å². The Morgan fingerprint density at radius 2 is 2.17 bits per heavy atom. The van der Waals surface area contributed by atoms with Gasteiger partial charge in [-0.25, -0.2) is 0 Å². The van der Waals surface area contributed by atoms with E-state index in [1.54, 1.807) is 0 Å². The Bertz CT molecular complexity index is 480. The van der Waals surface area contributed by atoms with E-state index < -0.39 is 5.56 Å². The zero-order valence-corrected chi connectivity index (χ0v) is 11.7. The fourth-order valence-corrected chi connectivity index (χ4v) is 1.83. The number of hydrogen-bond acceptors (Lipinski definition) is 2. The summed E-state index contributed by atoms with van der Waals surface area (Å²) in [5, 5.41) is 3.14. The molecular formula is C13H19ClN2O2. The number of aryl methyl sites for hydroxylation is 1. The minimum Gasteiger partial charge on any atom is -0.352 e. The standard InChI is InChI=1S/C13H19ClN2O2/c1-4-11-10(14)7-9(13(18)16-11)12(17)15-6-5-8(2)3/h7-8H,4-6H2,1-3H3,(H,15,17)(H,16,18). The summed E-state index contributed by atoms with van der Waals surface area (Å²) >= 11 is 5.98. The van der Waals surface area contributed by atoms with Crippen molar-refractivity contribution in [1.82, 2.24) is 10.3 Å². The van der Waals surface area contributed by atoms with E-state index in [0.29, 0.717) is 29.6 Å². The van der Waals surface area contributed by atoms with Crippen LogP contribution < -0.4 is 10.9 Å². The predicted molar refractivity (Wildman–Crippen MR) is 73.2 cm³/mol. The summed E-state index contributed by atoms with van der Waals surface area (Å²) < 4.78 is 0. The number of aromatic amines is 1. The van der Waals surface area contributed by atoms with E-state index in [4.69, 9.17) is 11.6 Å². The van der Waals surface area contributed by atoms with Crippen molar-refractivity contribution in [2.45, 2.75) is 33.6 Å². The molecular weight excluding hydrogens is 252 g/mol. The number of rotatable bonds is 5. The number of amides is 1. The fourth-order valence-electron chi connectivity index (χ4n) is 1.54. The van der Waals surface area contributed by atoms with Crippen LogP contribution in [0.1, 0.15) is 43.2 Å². The van der Waals surface area contributed by atoms with Crippen LogP contribution in [0.15, 0.2) is 10.9 Å². The third kappa shape index (κ3) is 3.88. The zero-order chi connectivity index (χ0) is 13.7. The molecule has 2 N–H and O–H groups in total. The molecule has 1 aromatic rings. The molecule has 0 aliphatic rings. The normalized spacial score (nSPS) is 10.7. The average Bonchev–Trinajstić information content (AvgIpc) is 2.30. The van der Waals surface area contributed by atoms with Crippen LogP contribution in [0.25, 0.3) is 0 Å². The third-order valence-corrected chi connectivity index (χ3v) is 3.01. The van der Waals surface area contributed by atoms with Gasteiger partial charge in [0.2, 0.25) is 0 Å². The number of aromatic nitrogens is 1. The monoisotopic (exact) mass is 270 g/mol. The van der Waals surface area contributed by atoms with E-state index in [1.807, 2.05) is 6.92 Å². The first-order valence-electron chi connectivity index (χ1n) is 6.15. The number of hydrogen-bond donors (Lipinski definition) is 2. The largest absolute Gasteiger partial charge is 0.352 e. The van der Waals surface area contributed by atoms with Gasteiger partial charge in [0.1, 0.15) is 5.56 Å². The van der Waals surface area contributed by atoms with Gasteiger partial charge in [-0.1, -0.05) is 32.4 Å². The Morgan fingerprint density at radius 3 is 2.72 bits per heavy atom. The smallest absolute Gasteiger partial charge is 0.261 e. The first-order valence-corrected chi connectivity index (χ1v) is 6.53. The molecule has 18 heavy (non-hydrogen) atoms. The maximum Gasteiger partial charge on any atom is 0.261 e. The molecule has 1 amide bonds. The lowest BCUT2D eigenvalue weighted by Crippen LogP contribution is -2.31. The predicted octanol–water partition coefficient (Wildman–Crippen LogP) is 2.37. The van der Waals surface area contributed by atoms with Crippen LogP contribution in [-0.2, 0) is 6.42 Å². The summed E-state index contributed by atoms with van der Waals surface area (Å²) in [7, 11) is 0. The van der Waals surface area contributed by atoms with Crippen molar-refractivity contribution < 1.29 is 4.79 Å². The highest BCUT2D eigenvalue weighted by atomic mass is 35.5. The van der Waals surface area contributed by atoms with Gasteiger partial charge in [-0.05, 0) is 24.8 Å². The van der Waals surface area contributed by atoms with Crippen molar-refractivity contribution in [3.8, 4) is 0 Å². The van der Waals surface area contributed by atoms with Gasteiger partial charge in [0.05, 0.1) is 5.02 Å². The molecule has 100 valence electrons. The van der Waals surface area contributed by atoms with Gasteiger partial charge in [0, 0.05) is 12.2 Å². The van der Waals surface area contributed by atoms with Crippen molar-refractivity contribution in [2.75, 3.05) is 6.54 Å². The van der Waals surface area contributed by atoms with Crippen LogP contribution in [0.4, 0.5) is 0 Å². The maximum absolute atomic E-state index is 11.8. The van der Waals surface area contributed by atoms with Crippen molar-refractivity contribution in [3.05, 3.63) is 32.7 Å². The molecule has 1 rings (SSSR count). The van der Waals surface area contributed by atoms with Gasteiger partial charge >= 0.3 is 0 Å². The summed E-state index contributed by atoms with van der Waals surface area (Å²) in [5.41, 5.74) is 0.333. The molecule has 1 aromatic heterocycles. The summed E-state index contributed by atoms with van der Waals surface area (Å²) in [6.07, 6.45) is 1.51. The van der Waals surface area contributed by atoms with E-state index in [0.717, 1.165) is 6.42 Å². The highest BCUT2D eigenvalue weighted by Gasteiger charge is 2.13. The molecule has 0 atom stereocenters. The average molecular weight is 271 g/mol. The fraction of sp³-hybridized carbons (Fsp3) is 0.538. The number of carbonyl (C=O) groups excluding carboxylic acids is 1. The van der Waals surface area contributed by atoms with Crippen LogP contribution in [0.3, 0.4) is 0 Å². The van der Waals surface area contributed by atoms with E-state index in [1.165, 1.54) is 6.07 Å². The van der Waals surface area contributed by atoms with Crippen molar-refractivity contribution in [2.24, 2.45) is 5.92 Å². The quantitative estimate of drug-likeness (QED) is 0.863. The number of carbonyl (C=O) groups is 1. The molecule has 0 saturated heterocycles. The summed E-state index contributed by atoms with van der Waals surface area (Å²) in [6, 6.07) is 1.43. The Morgan fingerprint density at radius 1 is 1.50 bits per heavy atom. The zero-order valence-electron chi connectivity index (χ0n) is 11.0. The van der Waals surface area contributed by atoms with Crippen LogP contribution >= 0.6 is 11.6 Å². The lowest BCUT2D eigenvalue weighted by molar-refractivity contribution is 0.0950. The molecule has 0 aromatic carbocycles. The molecule has 1 heterocycles. The molecule has 0 aliphatic heterocycles. The lowest BCUT2D eigenvalue weighted by Gasteiger charge is -2.08. The molecule has 0 unspecified atom stereocenters. The van der Waals surface area contributed by atoms with Gasteiger partial charge in [-0.2, -0.15) is 0 Å². The van der Waals surface area contributed by atoms with Gasteiger partial charge in [-0.15, -0.1) is 0 Å². The van der Waals surface area contributed by atoms with Crippen molar-refractivity contribution in [1.29, 1.82) is 0 Å². The maximum atomic E-state index is 11.8. The van der Waals surface area contributed by atoms with E-state index >= 15 is 0 Å². The Hall–Kier alpha value is -1.29. The van der Waals surface area contributed by atoms with Gasteiger partial charge in [0.15, 0.2) is 0 Å². The molecule has 0 aliphatic carbocycles. The molecule has 0 radical (unpaired) electrons. The van der Waals surface area contributed by atoms with Crippen molar-refractivity contribution in [3.63, 3.8) is 0 Å². The summed E-state index contributed by atoms with van der Waals surface area (Å²) in [4.78, 5) is 26.1. The van der Waals surface area contributed by atoms with E-state index in [2.05, 4.69) is 24.1 Å². The minimum absolute atomic E-state index is 0.0703. The molecule has 0 spiro atoms. The first-order chi connectivity index (χ1) is 8.45. The lowest BCUT2D eigenvalue weighted by atomic mass is 10.1. The molecule has 0 saturated carbocycles. The molecule has 0 fully saturated rings. The van der Waals surface area contributed by atoms with E-state index in [9.17, 15) is 9.59 Å². The molecule has 5 heteroatoms. The van der Waals surface area contributed by atoms with Crippen LogP contribution in [0, 0.1) is 5.92 Å². The highest BCUT2D eigenvalue weighted by molar-refractivity contribution is 6.31. The van der Waals surface area contributed by atoms with Crippen LogP contribution in [0.2, 0.25) is 5.02 Å². The van der Waals surface area contributed by atoms with Crippen molar-refractivity contribution >= 4 is 17.5 Å². The Labute approximate surface area is 112 Å². The number of nitrogens with one attached hydrogen (secondary N) is 2.